The number of nitrogens with zero attached hydrogens (tertiary/aromatic N) is 1. The van der Waals surface area contributed by atoms with Gasteiger partial charge in [-0.3, -0.25) is 0 Å². The average molecular weight is 260 g/mol. The second-order valence-corrected chi connectivity index (χ2v) is 6.53. The van der Waals surface area contributed by atoms with E-state index in [1.165, 1.54) is 9.88 Å². The summed E-state index contributed by atoms with van der Waals surface area (Å²) in [5.74, 6) is 1.00. The molecule has 5 heteroatoms. The minimum Gasteiger partial charge on any atom is -0.378 e. The van der Waals surface area contributed by atoms with Crippen LogP contribution in [-0.4, -0.2) is 24.4 Å². The average Bonchev–Trinajstić information content (AvgIpc) is 2.59. The van der Waals surface area contributed by atoms with Crippen molar-refractivity contribution in [2.45, 2.75) is 38.0 Å². The number of thiazole rings is 1. The largest absolute Gasteiger partial charge is 0.378 e. The van der Waals surface area contributed by atoms with Crippen LogP contribution in [-0.2, 0) is 23.6 Å². The molecule has 0 saturated carbocycles. The Morgan fingerprint density at radius 1 is 1.50 bits per heavy atom. The fourth-order valence-electron chi connectivity index (χ4n) is 1.28. The highest BCUT2D eigenvalue weighted by molar-refractivity contribution is 7.99. The number of hydrogen-bond donors (Lipinski definition) is 1. The van der Waals surface area contributed by atoms with Crippen molar-refractivity contribution < 1.29 is 4.74 Å². The number of ether oxygens (including phenoxy) is 1. The number of methoxy groups -OCH3 is 1. The second kappa shape index (κ2) is 7.27. The van der Waals surface area contributed by atoms with Gasteiger partial charge in [0.2, 0.25) is 0 Å². The Balaban J connectivity index is 2.67. The lowest BCUT2D eigenvalue weighted by Crippen LogP contribution is -2.06. The third-order valence-electron chi connectivity index (χ3n) is 1.98. The lowest BCUT2D eigenvalue weighted by molar-refractivity contribution is 0.181. The topological polar surface area (TPSA) is 34.2 Å². The van der Waals surface area contributed by atoms with Crippen LogP contribution in [0.3, 0.4) is 0 Å². The Bertz CT molecular complexity index is 289. The highest BCUT2D eigenvalue weighted by Crippen LogP contribution is 2.24. The zero-order chi connectivity index (χ0) is 12.0. The molecule has 0 bridgehead atoms. The van der Waals surface area contributed by atoms with Gasteiger partial charge < -0.3 is 10.1 Å². The molecule has 1 rings (SSSR count). The minimum atomic E-state index is 0.611. The normalized spacial score (nSPS) is 11.3. The van der Waals surface area contributed by atoms with E-state index in [9.17, 15) is 0 Å². The molecule has 0 aromatic carbocycles. The lowest BCUT2D eigenvalue weighted by Gasteiger charge is -2.00. The molecule has 0 fully saturated rings. The summed E-state index contributed by atoms with van der Waals surface area (Å²) < 4.78 is 5.16. The van der Waals surface area contributed by atoms with E-state index in [0.717, 1.165) is 18.0 Å². The van der Waals surface area contributed by atoms with Gasteiger partial charge in [-0.15, -0.1) is 11.3 Å². The van der Waals surface area contributed by atoms with Gasteiger partial charge >= 0.3 is 0 Å². The maximum Gasteiger partial charge on any atom is 0.103 e. The number of nitrogens with one attached hydrogen (secondary N) is 1. The van der Waals surface area contributed by atoms with Crippen LogP contribution in [0.2, 0.25) is 0 Å². The van der Waals surface area contributed by atoms with Crippen LogP contribution in [0.4, 0.5) is 0 Å². The predicted octanol–water partition coefficient (Wildman–Crippen LogP) is 2.65. The molecule has 0 saturated heterocycles. The first-order chi connectivity index (χ1) is 7.67. The van der Waals surface area contributed by atoms with Gasteiger partial charge in [-0.2, -0.15) is 11.8 Å². The van der Waals surface area contributed by atoms with Crippen molar-refractivity contribution in [2.24, 2.45) is 0 Å². The second-order valence-electron chi connectivity index (χ2n) is 3.80. The molecule has 16 heavy (non-hydrogen) atoms. The maximum absolute atomic E-state index is 5.16. The molecule has 1 aromatic heterocycles. The minimum absolute atomic E-state index is 0.611. The highest BCUT2D eigenvalue weighted by Gasteiger charge is 2.10. The van der Waals surface area contributed by atoms with E-state index in [1.807, 2.05) is 18.8 Å². The van der Waals surface area contributed by atoms with E-state index < -0.39 is 0 Å². The van der Waals surface area contributed by atoms with Crippen molar-refractivity contribution in [3.63, 3.8) is 0 Å². The Morgan fingerprint density at radius 2 is 2.25 bits per heavy atom. The first-order valence-corrected chi connectivity index (χ1v) is 7.26. The van der Waals surface area contributed by atoms with Crippen molar-refractivity contribution in [2.75, 3.05) is 14.2 Å². The van der Waals surface area contributed by atoms with Gasteiger partial charge in [-0.25, -0.2) is 4.98 Å². The van der Waals surface area contributed by atoms with Crippen molar-refractivity contribution >= 4 is 23.1 Å². The molecule has 1 aromatic rings. The SMILES string of the molecule is CNCc1sc(CSC(C)C)nc1COC. The molecule has 3 nitrogen and oxygen atoms in total. The molecule has 1 N–H and O–H groups in total. The molecule has 0 unspecified atom stereocenters. The van der Waals surface area contributed by atoms with Gasteiger partial charge in [-0.1, -0.05) is 13.8 Å². The molecule has 0 radical (unpaired) electrons. The van der Waals surface area contributed by atoms with Crippen LogP contribution in [0.1, 0.15) is 29.4 Å². The quantitative estimate of drug-likeness (QED) is 0.817. The predicted molar refractivity (Wildman–Crippen MR) is 72.0 cm³/mol. The van der Waals surface area contributed by atoms with E-state index in [-0.39, 0.29) is 0 Å². The Hall–Kier alpha value is -0.100. The van der Waals surface area contributed by atoms with Crippen molar-refractivity contribution in [3.8, 4) is 0 Å². The zero-order valence-corrected chi connectivity index (χ0v) is 12.0. The third kappa shape index (κ3) is 4.41. The third-order valence-corrected chi connectivity index (χ3v) is 4.37. The van der Waals surface area contributed by atoms with Crippen LogP contribution in [0.25, 0.3) is 0 Å². The Kier molecular flexibility index (Phi) is 6.34. The Morgan fingerprint density at radius 3 is 2.81 bits per heavy atom. The van der Waals surface area contributed by atoms with Crippen molar-refractivity contribution in [1.82, 2.24) is 10.3 Å². The maximum atomic E-state index is 5.16. The monoisotopic (exact) mass is 260 g/mol. The summed E-state index contributed by atoms with van der Waals surface area (Å²) in [5, 5.41) is 5.03. The molecule has 0 aliphatic carbocycles. The first-order valence-electron chi connectivity index (χ1n) is 5.40. The van der Waals surface area contributed by atoms with Crippen molar-refractivity contribution in [3.05, 3.63) is 15.6 Å². The summed E-state index contributed by atoms with van der Waals surface area (Å²) in [6.07, 6.45) is 0. The van der Waals surface area contributed by atoms with Crippen LogP contribution in [0.5, 0.6) is 0 Å². The summed E-state index contributed by atoms with van der Waals surface area (Å²) >= 11 is 3.72. The molecule has 92 valence electrons. The van der Waals surface area contributed by atoms with Crippen LogP contribution < -0.4 is 5.32 Å². The first kappa shape index (κ1) is 14.0. The van der Waals surface area contributed by atoms with Gasteiger partial charge in [0.1, 0.15) is 5.01 Å². The van der Waals surface area contributed by atoms with E-state index in [1.54, 1.807) is 18.4 Å². The summed E-state index contributed by atoms with van der Waals surface area (Å²) in [4.78, 5) is 5.92. The van der Waals surface area contributed by atoms with E-state index in [0.29, 0.717) is 11.9 Å². The molecule has 0 atom stereocenters. The summed E-state index contributed by atoms with van der Waals surface area (Å²) in [7, 11) is 3.67. The highest BCUT2D eigenvalue weighted by atomic mass is 32.2. The molecule has 0 aliphatic rings. The van der Waals surface area contributed by atoms with Crippen LogP contribution >= 0.6 is 23.1 Å². The van der Waals surface area contributed by atoms with Crippen molar-refractivity contribution in [1.29, 1.82) is 0 Å². The van der Waals surface area contributed by atoms with Crippen LogP contribution in [0.15, 0.2) is 0 Å². The van der Waals surface area contributed by atoms with Gasteiger partial charge in [0.05, 0.1) is 12.3 Å². The van der Waals surface area contributed by atoms with E-state index in [4.69, 9.17) is 4.74 Å². The number of thioether (sulfide) groups is 1. The standard InChI is InChI=1S/C11H20N2OS2/c1-8(2)15-7-11-13-9(6-14-4)10(16-11)5-12-3/h8,12H,5-7H2,1-4H3. The van der Waals surface area contributed by atoms with E-state index >= 15 is 0 Å². The van der Waals surface area contributed by atoms with Crippen LogP contribution in [0, 0.1) is 0 Å². The van der Waals surface area contributed by atoms with E-state index in [2.05, 4.69) is 24.1 Å². The number of aromatic nitrogens is 1. The van der Waals surface area contributed by atoms with Gasteiger partial charge in [-0.05, 0) is 12.3 Å². The smallest absolute Gasteiger partial charge is 0.103 e. The lowest BCUT2D eigenvalue weighted by atomic mass is 10.4. The summed E-state index contributed by atoms with van der Waals surface area (Å²) in [6, 6.07) is 0. The molecule has 0 aliphatic heterocycles. The number of rotatable bonds is 7. The fraction of sp³-hybridized carbons (Fsp3) is 0.727. The fourth-order valence-corrected chi connectivity index (χ4v) is 3.14. The molecule has 0 amide bonds. The Labute approximate surface area is 106 Å². The number of hydrogen-bond acceptors (Lipinski definition) is 5. The summed E-state index contributed by atoms with van der Waals surface area (Å²) in [5.41, 5.74) is 1.08. The molecule has 1 heterocycles. The molecular weight excluding hydrogens is 240 g/mol. The molecule has 0 spiro atoms. The van der Waals surface area contributed by atoms with Gasteiger partial charge in [0.15, 0.2) is 0 Å². The zero-order valence-electron chi connectivity index (χ0n) is 10.4. The van der Waals surface area contributed by atoms with Gasteiger partial charge in [0, 0.05) is 24.3 Å². The molecular formula is C11H20N2OS2. The summed E-state index contributed by atoms with van der Waals surface area (Å²) in [6.45, 7) is 5.91. The van der Waals surface area contributed by atoms with Gasteiger partial charge in [0.25, 0.3) is 0 Å².